The van der Waals surface area contributed by atoms with Gasteiger partial charge in [0.15, 0.2) is 0 Å². The molecule has 1 aliphatic heterocycles. The van der Waals surface area contributed by atoms with Crippen LogP contribution in [0.15, 0.2) is 24.3 Å². The fourth-order valence-electron chi connectivity index (χ4n) is 3.18. The Morgan fingerprint density at radius 2 is 1.79 bits per heavy atom. The fourth-order valence-corrected chi connectivity index (χ4v) is 3.18. The third kappa shape index (κ3) is 3.11. The van der Waals surface area contributed by atoms with Gasteiger partial charge in [0.05, 0.1) is 0 Å². The quantitative estimate of drug-likeness (QED) is 0.888. The van der Waals surface area contributed by atoms with Crippen molar-refractivity contribution in [3.05, 3.63) is 29.8 Å². The van der Waals surface area contributed by atoms with E-state index in [9.17, 15) is 0 Å². The van der Waals surface area contributed by atoms with Gasteiger partial charge in [-0.05, 0) is 56.8 Å². The summed E-state index contributed by atoms with van der Waals surface area (Å²) in [5.41, 5.74) is 2.73. The van der Waals surface area contributed by atoms with Crippen molar-refractivity contribution in [1.29, 1.82) is 0 Å². The van der Waals surface area contributed by atoms with Gasteiger partial charge in [-0.1, -0.05) is 26.0 Å². The van der Waals surface area contributed by atoms with Crippen molar-refractivity contribution in [3.8, 4) is 0 Å². The number of hydrogen-bond donors (Lipinski definition) is 1. The summed E-state index contributed by atoms with van der Waals surface area (Å²) >= 11 is 0. The Bertz CT molecular complexity index is 398. The first-order valence-electron chi connectivity index (χ1n) is 7.56. The van der Waals surface area contributed by atoms with Gasteiger partial charge in [-0.15, -0.1) is 0 Å². The molecule has 4 atom stereocenters. The maximum absolute atomic E-state index is 3.29. The summed E-state index contributed by atoms with van der Waals surface area (Å²) in [5.74, 6) is 1.57. The molecule has 2 heteroatoms. The molecule has 1 saturated heterocycles. The summed E-state index contributed by atoms with van der Waals surface area (Å²) < 4.78 is 0. The van der Waals surface area contributed by atoms with Crippen molar-refractivity contribution in [1.82, 2.24) is 5.32 Å². The molecule has 2 nitrogen and oxygen atoms in total. The molecular weight excluding hydrogens is 232 g/mol. The van der Waals surface area contributed by atoms with Crippen LogP contribution in [0.5, 0.6) is 0 Å². The lowest BCUT2D eigenvalue weighted by Gasteiger charge is -2.42. The van der Waals surface area contributed by atoms with Crippen LogP contribution in [0.3, 0.4) is 0 Å². The summed E-state index contributed by atoms with van der Waals surface area (Å²) in [7, 11) is 2.01. The number of rotatable bonds is 3. The minimum atomic E-state index is 0.422. The summed E-state index contributed by atoms with van der Waals surface area (Å²) in [4.78, 5) is 2.58. The Morgan fingerprint density at radius 3 is 2.37 bits per heavy atom. The van der Waals surface area contributed by atoms with Crippen LogP contribution in [-0.4, -0.2) is 19.6 Å². The van der Waals surface area contributed by atoms with Crippen LogP contribution in [0.1, 0.15) is 45.7 Å². The number of nitrogens with one attached hydrogen (secondary N) is 1. The van der Waals surface area contributed by atoms with Crippen LogP contribution in [0.2, 0.25) is 0 Å². The summed E-state index contributed by atoms with van der Waals surface area (Å²) in [6.07, 6.45) is 1.35. The van der Waals surface area contributed by atoms with Gasteiger partial charge in [0.25, 0.3) is 0 Å². The van der Waals surface area contributed by atoms with E-state index in [0.717, 1.165) is 11.8 Å². The predicted octanol–water partition coefficient (Wildman–Crippen LogP) is 3.84. The molecule has 0 amide bonds. The number of hydrogen-bond acceptors (Lipinski definition) is 2. The topological polar surface area (TPSA) is 15.3 Å². The molecule has 4 unspecified atom stereocenters. The molecule has 0 bridgehead atoms. The SMILES string of the molecule is CNC(C)c1ccc(N2CC(C)CC(C)C2C)cc1. The van der Waals surface area contributed by atoms with Crippen molar-refractivity contribution in [2.75, 3.05) is 18.5 Å². The molecule has 1 fully saturated rings. The van der Waals surface area contributed by atoms with E-state index in [2.05, 4.69) is 62.2 Å². The third-order valence-electron chi connectivity index (χ3n) is 4.76. The van der Waals surface area contributed by atoms with E-state index < -0.39 is 0 Å². The van der Waals surface area contributed by atoms with Gasteiger partial charge in [-0.2, -0.15) is 0 Å². The van der Waals surface area contributed by atoms with Crippen LogP contribution in [0, 0.1) is 11.8 Å². The largest absolute Gasteiger partial charge is 0.368 e. The number of benzene rings is 1. The second-order valence-electron chi connectivity index (χ2n) is 6.31. The van der Waals surface area contributed by atoms with Crippen molar-refractivity contribution in [3.63, 3.8) is 0 Å². The lowest BCUT2D eigenvalue weighted by Crippen LogP contribution is -2.45. The number of nitrogens with zero attached hydrogens (tertiary/aromatic N) is 1. The van der Waals surface area contributed by atoms with E-state index in [0.29, 0.717) is 12.1 Å². The molecule has 1 N–H and O–H groups in total. The second kappa shape index (κ2) is 5.96. The average Bonchev–Trinajstić information content (AvgIpc) is 2.42. The Kier molecular flexibility index (Phi) is 4.51. The predicted molar refractivity (Wildman–Crippen MR) is 83.7 cm³/mol. The second-order valence-corrected chi connectivity index (χ2v) is 6.31. The zero-order valence-electron chi connectivity index (χ0n) is 13.0. The summed E-state index contributed by atoms with van der Waals surface area (Å²) in [6.45, 7) is 10.5. The van der Waals surface area contributed by atoms with Crippen molar-refractivity contribution < 1.29 is 0 Å². The van der Waals surface area contributed by atoms with E-state index in [-0.39, 0.29) is 0 Å². The van der Waals surface area contributed by atoms with Gasteiger partial charge in [0.2, 0.25) is 0 Å². The third-order valence-corrected chi connectivity index (χ3v) is 4.76. The minimum Gasteiger partial charge on any atom is -0.368 e. The molecule has 0 aliphatic carbocycles. The van der Waals surface area contributed by atoms with Gasteiger partial charge in [-0.25, -0.2) is 0 Å². The normalized spacial score (nSPS) is 29.3. The number of piperidine rings is 1. The van der Waals surface area contributed by atoms with Crippen molar-refractivity contribution in [2.45, 2.75) is 46.2 Å². The molecule has 0 saturated carbocycles. The van der Waals surface area contributed by atoms with E-state index in [1.807, 2.05) is 7.05 Å². The zero-order chi connectivity index (χ0) is 14.0. The first-order chi connectivity index (χ1) is 9.02. The molecule has 0 radical (unpaired) electrons. The fraction of sp³-hybridized carbons (Fsp3) is 0.647. The van der Waals surface area contributed by atoms with E-state index in [4.69, 9.17) is 0 Å². The molecule has 1 aromatic carbocycles. The first kappa shape index (κ1) is 14.4. The minimum absolute atomic E-state index is 0.422. The standard InChI is InChI=1S/C17H28N2/c1-12-10-13(2)15(4)19(11-12)17-8-6-16(7-9-17)14(3)18-5/h6-9,12-15,18H,10-11H2,1-5H3. The lowest BCUT2D eigenvalue weighted by atomic mass is 9.85. The Balaban J connectivity index is 2.16. The molecule has 1 aromatic rings. The monoisotopic (exact) mass is 260 g/mol. The van der Waals surface area contributed by atoms with Crippen molar-refractivity contribution in [2.24, 2.45) is 11.8 Å². The van der Waals surface area contributed by atoms with E-state index >= 15 is 0 Å². The van der Waals surface area contributed by atoms with Crippen LogP contribution in [0.4, 0.5) is 5.69 Å². The Hall–Kier alpha value is -1.02. The highest BCUT2D eigenvalue weighted by molar-refractivity contribution is 5.49. The molecule has 1 heterocycles. The number of anilines is 1. The highest BCUT2D eigenvalue weighted by atomic mass is 15.2. The van der Waals surface area contributed by atoms with Gasteiger partial charge in [0.1, 0.15) is 0 Å². The van der Waals surface area contributed by atoms with Crippen LogP contribution >= 0.6 is 0 Å². The molecule has 0 spiro atoms. The maximum atomic E-state index is 3.29. The molecule has 19 heavy (non-hydrogen) atoms. The zero-order valence-corrected chi connectivity index (χ0v) is 13.0. The van der Waals surface area contributed by atoms with Gasteiger partial charge >= 0.3 is 0 Å². The molecule has 106 valence electrons. The average molecular weight is 260 g/mol. The summed E-state index contributed by atoms with van der Waals surface area (Å²) in [6, 6.07) is 10.1. The highest BCUT2D eigenvalue weighted by Gasteiger charge is 2.28. The molecular formula is C17H28N2. The van der Waals surface area contributed by atoms with Crippen LogP contribution in [0.25, 0.3) is 0 Å². The molecule has 0 aromatic heterocycles. The highest BCUT2D eigenvalue weighted by Crippen LogP contribution is 2.31. The molecule has 1 aliphatic rings. The van der Waals surface area contributed by atoms with Gasteiger partial charge < -0.3 is 10.2 Å². The maximum Gasteiger partial charge on any atom is 0.0369 e. The van der Waals surface area contributed by atoms with E-state index in [1.54, 1.807) is 0 Å². The van der Waals surface area contributed by atoms with Gasteiger partial charge in [0, 0.05) is 24.3 Å². The Morgan fingerprint density at radius 1 is 1.16 bits per heavy atom. The van der Waals surface area contributed by atoms with Gasteiger partial charge in [-0.3, -0.25) is 0 Å². The smallest absolute Gasteiger partial charge is 0.0369 e. The first-order valence-corrected chi connectivity index (χ1v) is 7.56. The Labute approximate surface area is 118 Å². The van der Waals surface area contributed by atoms with E-state index in [1.165, 1.54) is 24.2 Å². The van der Waals surface area contributed by atoms with Crippen LogP contribution < -0.4 is 10.2 Å². The lowest BCUT2D eigenvalue weighted by molar-refractivity contribution is 0.297. The van der Waals surface area contributed by atoms with Crippen molar-refractivity contribution >= 4 is 5.69 Å². The summed E-state index contributed by atoms with van der Waals surface area (Å²) in [5, 5.41) is 3.29. The molecule has 2 rings (SSSR count). The van der Waals surface area contributed by atoms with Crippen LogP contribution in [-0.2, 0) is 0 Å².